The molecule has 1 radical (unpaired) electrons. The van der Waals surface area contributed by atoms with E-state index >= 15 is 0 Å². The molecule has 0 aliphatic carbocycles. The minimum atomic E-state index is -0.826. The van der Waals surface area contributed by atoms with Gasteiger partial charge in [-0.1, -0.05) is 12.5 Å². The summed E-state index contributed by atoms with van der Waals surface area (Å²) in [5.41, 5.74) is 0.215. The Morgan fingerprint density at radius 3 is 2.46 bits per heavy atom. The third kappa shape index (κ3) is 9.51. The van der Waals surface area contributed by atoms with Crippen LogP contribution in [0.1, 0.15) is 51.3 Å². The normalized spacial score (nSPS) is 11.6. The monoisotopic (exact) mass is 468 g/mol. The minimum absolute atomic E-state index is 0. The van der Waals surface area contributed by atoms with Crippen LogP contribution in [0.2, 0.25) is 0 Å². The van der Waals surface area contributed by atoms with Crippen LogP contribution in [0.3, 0.4) is 0 Å². The van der Waals surface area contributed by atoms with Crippen LogP contribution in [0.5, 0.6) is 5.75 Å². The maximum atomic E-state index is 12.2. The van der Waals surface area contributed by atoms with Gasteiger partial charge in [0.2, 0.25) is 5.91 Å². The molecule has 1 aromatic rings. The molecule has 3 N–H and O–H groups in total. The van der Waals surface area contributed by atoms with E-state index in [-0.39, 0.29) is 58.0 Å². The number of ether oxygens (including phenoxy) is 2. The SMILES string of the molecule is CCOC(=O)CC(NC(=O)CNC(=O)OC(C)(C)C)c1c[c-]cc(C)c1O.[Y]. The smallest absolute Gasteiger partial charge is 0.408 e. The molecule has 0 aromatic heterocycles. The summed E-state index contributed by atoms with van der Waals surface area (Å²) < 4.78 is 9.99. The third-order valence-electron chi connectivity index (χ3n) is 3.36. The Hall–Kier alpha value is -1.67. The van der Waals surface area contributed by atoms with E-state index in [0.29, 0.717) is 11.1 Å². The molecule has 8 nitrogen and oxygen atoms in total. The molecule has 0 saturated heterocycles. The molecule has 1 unspecified atom stereocenters. The molecule has 0 saturated carbocycles. The maximum Gasteiger partial charge on any atom is 0.408 e. The molecule has 28 heavy (non-hydrogen) atoms. The molecule has 0 fully saturated rings. The average molecular weight is 468 g/mol. The van der Waals surface area contributed by atoms with E-state index < -0.39 is 29.6 Å². The predicted molar refractivity (Wildman–Crippen MR) is 98.1 cm³/mol. The zero-order valence-corrected chi connectivity index (χ0v) is 19.8. The maximum absolute atomic E-state index is 12.2. The first-order valence-electron chi connectivity index (χ1n) is 8.65. The number of esters is 1. The summed E-state index contributed by atoms with van der Waals surface area (Å²) in [5.74, 6) is -1.11. The van der Waals surface area contributed by atoms with E-state index in [0.717, 1.165) is 0 Å². The summed E-state index contributed by atoms with van der Waals surface area (Å²) in [5, 5.41) is 15.2. The van der Waals surface area contributed by atoms with Crippen LogP contribution in [-0.2, 0) is 51.8 Å². The molecule has 1 aromatic carbocycles. The first kappa shape index (κ1) is 26.3. The number of phenolic OH excluding ortho intramolecular Hbond substituents is 1. The molecule has 1 rings (SSSR count). The van der Waals surface area contributed by atoms with Gasteiger partial charge in [0, 0.05) is 44.5 Å². The quantitative estimate of drug-likeness (QED) is 0.418. The largest absolute Gasteiger partial charge is 0.533 e. The number of aryl methyl sites for hydroxylation is 1. The first-order chi connectivity index (χ1) is 12.5. The summed E-state index contributed by atoms with van der Waals surface area (Å²) in [4.78, 5) is 35.7. The van der Waals surface area contributed by atoms with Crippen molar-refractivity contribution in [2.24, 2.45) is 0 Å². The van der Waals surface area contributed by atoms with Crippen molar-refractivity contribution in [1.82, 2.24) is 10.6 Å². The summed E-state index contributed by atoms with van der Waals surface area (Å²) in [6, 6.07) is 5.11. The van der Waals surface area contributed by atoms with Crippen molar-refractivity contribution in [2.75, 3.05) is 13.2 Å². The minimum Gasteiger partial charge on any atom is -0.533 e. The zero-order valence-electron chi connectivity index (χ0n) is 16.9. The van der Waals surface area contributed by atoms with Gasteiger partial charge in [0.15, 0.2) is 0 Å². The van der Waals surface area contributed by atoms with Crippen molar-refractivity contribution in [3.8, 4) is 5.75 Å². The molecular weight excluding hydrogens is 441 g/mol. The second-order valence-corrected chi connectivity index (χ2v) is 6.93. The van der Waals surface area contributed by atoms with Gasteiger partial charge in [-0.25, -0.2) is 4.79 Å². The van der Waals surface area contributed by atoms with Gasteiger partial charge in [0.25, 0.3) is 0 Å². The van der Waals surface area contributed by atoms with E-state index in [1.807, 2.05) is 0 Å². The van der Waals surface area contributed by atoms with Crippen LogP contribution >= 0.6 is 0 Å². The Balaban J connectivity index is 0.00000729. The van der Waals surface area contributed by atoms with Crippen LogP contribution in [0.25, 0.3) is 0 Å². The van der Waals surface area contributed by atoms with Crippen LogP contribution in [0, 0.1) is 13.0 Å². The van der Waals surface area contributed by atoms with Gasteiger partial charge < -0.3 is 25.2 Å². The predicted octanol–water partition coefficient (Wildman–Crippen LogP) is 2.13. The number of nitrogens with one attached hydrogen (secondary N) is 2. The molecule has 0 heterocycles. The van der Waals surface area contributed by atoms with E-state index in [9.17, 15) is 19.5 Å². The fourth-order valence-electron chi connectivity index (χ4n) is 2.22. The molecule has 9 heteroatoms. The second-order valence-electron chi connectivity index (χ2n) is 6.93. The number of phenols is 1. The van der Waals surface area contributed by atoms with E-state index in [1.54, 1.807) is 40.7 Å². The van der Waals surface area contributed by atoms with Gasteiger partial charge in [-0.05, 0) is 27.7 Å². The second kappa shape index (κ2) is 12.0. The van der Waals surface area contributed by atoms with Crippen molar-refractivity contribution in [2.45, 2.75) is 52.7 Å². The molecule has 2 amide bonds. The van der Waals surface area contributed by atoms with Crippen molar-refractivity contribution in [3.63, 3.8) is 0 Å². The van der Waals surface area contributed by atoms with Gasteiger partial charge in [0.05, 0.1) is 19.6 Å². The number of hydrogen-bond donors (Lipinski definition) is 3. The fraction of sp³-hybridized carbons (Fsp3) is 0.526. The summed E-state index contributed by atoms with van der Waals surface area (Å²) in [7, 11) is 0. The number of rotatable bonds is 7. The number of aromatic hydroxyl groups is 1. The topological polar surface area (TPSA) is 114 Å². The summed E-state index contributed by atoms with van der Waals surface area (Å²) in [6.45, 7) is 8.34. The van der Waals surface area contributed by atoms with Crippen LogP contribution < -0.4 is 10.6 Å². The van der Waals surface area contributed by atoms with Crippen LogP contribution in [0.4, 0.5) is 4.79 Å². The number of carbonyl (C=O) groups is 3. The summed E-state index contributed by atoms with van der Waals surface area (Å²) in [6.07, 6.45) is -0.900. The van der Waals surface area contributed by atoms with E-state index in [4.69, 9.17) is 9.47 Å². The first-order valence-corrected chi connectivity index (χ1v) is 8.65. The van der Waals surface area contributed by atoms with Crippen molar-refractivity contribution in [3.05, 3.63) is 29.3 Å². The number of hydrogen-bond acceptors (Lipinski definition) is 6. The Bertz CT molecular complexity index is 687. The Labute approximate surface area is 190 Å². The van der Waals surface area contributed by atoms with Crippen molar-refractivity contribution >= 4 is 18.0 Å². The van der Waals surface area contributed by atoms with Gasteiger partial charge >= 0.3 is 12.1 Å². The standard InChI is InChI=1S/C19H27N2O6.Y/c1-6-26-16(23)10-14(13-9-7-8-12(2)17(13)24)21-15(22)11-20-18(25)27-19(3,4)5;/h8-9,14,24H,6,10-11H2,1-5H3,(H,20,25)(H,21,22);/q-1;. The van der Waals surface area contributed by atoms with Crippen LogP contribution in [0.15, 0.2) is 12.1 Å². The Morgan fingerprint density at radius 1 is 1.25 bits per heavy atom. The molecule has 0 aliphatic rings. The Morgan fingerprint density at radius 2 is 1.89 bits per heavy atom. The fourth-order valence-corrected chi connectivity index (χ4v) is 2.22. The molecule has 0 bridgehead atoms. The number of amides is 2. The number of carbonyl (C=O) groups excluding carboxylic acids is 3. The molecule has 153 valence electrons. The van der Waals surface area contributed by atoms with Gasteiger partial charge in [0.1, 0.15) is 5.60 Å². The van der Waals surface area contributed by atoms with Crippen molar-refractivity contribution in [1.29, 1.82) is 0 Å². The average Bonchev–Trinajstić information content (AvgIpc) is 2.53. The molecule has 1 atom stereocenters. The molecular formula is C19H27N2O6Y-. The number of benzene rings is 1. The summed E-state index contributed by atoms with van der Waals surface area (Å²) >= 11 is 0. The molecule has 0 spiro atoms. The van der Waals surface area contributed by atoms with E-state index in [2.05, 4.69) is 16.7 Å². The van der Waals surface area contributed by atoms with Crippen molar-refractivity contribution < 1.29 is 61.7 Å². The zero-order chi connectivity index (χ0) is 20.6. The molecule has 0 aliphatic heterocycles. The van der Waals surface area contributed by atoms with Gasteiger partial charge in [-0.15, -0.1) is 5.56 Å². The Kier molecular flexibility index (Phi) is 11.3. The number of alkyl carbamates (subject to hydrolysis) is 1. The van der Waals surface area contributed by atoms with Crippen LogP contribution in [-0.4, -0.2) is 41.8 Å². The van der Waals surface area contributed by atoms with Gasteiger partial charge in [-0.2, -0.15) is 18.2 Å². The van der Waals surface area contributed by atoms with Gasteiger partial charge in [-0.3, -0.25) is 9.59 Å². The third-order valence-corrected chi connectivity index (χ3v) is 3.36. The van der Waals surface area contributed by atoms with E-state index in [1.165, 1.54) is 6.07 Å².